The summed E-state index contributed by atoms with van der Waals surface area (Å²) in [6, 6.07) is 30.1. The van der Waals surface area contributed by atoms with Crippen LogP contribution in [-0.4, -0.2) is 11.8 Å². The molecule has 0 unspecified atom stereocenters. The van der Waals surface area contributed by atoms with Gasteiger partial charge in [0.25, 0.3) is 0 Å². The number of benzene rings is 4. The van der Waals surface area contributed by atoms with Crippen molar-refractivity contribution in [2.75, 3.05) is 10.6 Å². The van der Waals surface area contributed by atoms with Crippen molar-refractivity contribution < 1.29 is 9.59 Å². The largest absolute Gasteiger partial charge is 0.326 e. The third kappa shape index (κ3) is 7.71. The zero-order valence-electron chi connectivity index (χ0n) is 18.9. The van der Waals surface area contributed by atoms with Crippen LogP contribution in [0.15, 0.2) is 97.1 Å². The molecular formula is C29H24Cl2N2O2. The second kappa shape index (κ2) is 11.7. The molecule has 0 atom stereocenters. The van der Waals surface area contributed by atoms with E-state index in [1.165, 1.54) is 0 Å². The van der Waals surface area contributed by atoms with Crippen LogP contribution < -0.4 is 10.6 Å². The molecule has 2 N–H and O–H groups in total. The minimum absolute atomic E-state index is 0.0752. The van der Waals surface area contributed by atoms with Gasteiger partial charge in [-0.2, -0.15) is 0 Å². The van der Waals surface area contributed by atoms with Gasteiger partial charge >= 0.3 is 0 Å². The summed E-state index contributed by atoms with van der Waals surface area (Å²) in [5.74, 6) is -0.150. The number of carbonyl (C=O) groups excluding carboxylic acids is 2. The van der Waals surface area contributed by atoms with Crippen molar-refractivity contribution in [2.24, 2.45) is 0 Å². The minimum atomic E-state index is -0.0752. The van der Waals surface area contributed by atoms with Crippen LogP contribution in [0.5, 0.6) is 0 Å². The van der Waals surface area contributed by atoms with Crippen LogP contribution in [0.3, 0.4) is 0 Å². The molecule has 6 heteroatoms. The molecule has 0 aromatic heterocycles. The summed E-state index contributed by atoms with van der Waals surface area (Å²) in [5, 5.41) is 7.15. The first-order chi connectivity index (χ1) is 16.9. The number of hydrogen-bond donors (Lipinski definition) is 2. The Morgan fingerprint density at radius 1 is 0.486 bits per heavy atom. The maximum atomic E-state index is 12.3. The molecule has 0 aliphatic carbocycles. The lowest BCUT2D eigenvalue weighted by Crippen LogP contribution is -2.14. The molecule has 4 nitrogen and oxygen atoms in total. The van der Waals surface area contributed by atoms with Crippen molar-refractivity contribution in [1.29, 1.82) is 0 Å². The van der Waals surface area contributed by atoms with Crippen molar-refractivity contribution in [3.63, 3.8) is 0 Å². The van der Waals surface area contributed by atoms with Crippen LogP contribution >= 0.6 is 23.2 Å². The smallest absolute Gasteiger partial charge is 0.228 e. The molecule has 35 heavy (non-hydrogen) atoms. The molecule has 0 spiro atoms. The van der Waals surface area contributed by atoms with Crippen molar-refractivity contribution in [1.82, 2.24) is 0 Å². The first kappa shape index (κ1) is 24.5. The van der Waals surface area contributed by atoms with Gasteiger partial charge in [0.1, 0.15) is 0 Å². The number of carbonyl (C=O) groups is 2. The van der Waals surface area contributed by atoms with Gasteiger partial charge in [0, 0.05) is 21.4 Å². The molecule has 0 aliphatic heterocycles. The second-order valence-corrected chi connectivity index (χ2v) is 9.15. The first-order valence-electron chi connectivity index (χ1n) is 11.2. The van der Waals surface area contributed by atoms with Gasteiger partial charge in [-0.25, -0.2) is 0 Å². The summed E-state index contributed by atoms with van der Waals surface area (Å²) in [6.45, 7) is 0. The number of amides is 2. The second-order valence-electron chi connectivity index (χ2n) is 8.27. The molecular weight excluding hydrogens is 479 g/mol. The van der Waals surface area contributed by atoms with Gasteiger partial charge in [-0.15, -0.1) is 0 Å². The van der Waals surface area contributed by atoms with E-state index in [0.29, 0.717) is 22.9 Å². The Kier molecular flexibility index (Phi) is 8.19. The van der Waals surface area contributed by atoms with Crippen LogP contribution in [-0.2, 0) is 28.9 Å². The molecule has 0 bridgehead atoms. The van der Waals surface area contributed by atoms with E-state index in [4.69, 9.17) is 23.2 Å². The van der Waals surface area contributed by atoms with Crippen molar-refractivity contribution in [2.45, 2.75) is 19.3 Å². The normalized spacial score (nSPS) is 10.6. The Hall–Kier alpha value is -3.60. The Labute approximate surface area is 214 Å². The monoisotopic (exact) mass is 502 g/mol. The zero-order valence-corrected chi connectivity index (χ0v) is 20.4. The lowest BCUT2D eigenvalue weighted by molar-refractivity contribution is -0.116. The predicted octanol–water partition coefficient (Wildman–Crippen LogP) is 6.95. The average Bonchev–Trinajstić information content (AvgIpc) is 2.84. The van der Waals surface area contributed by atoms with E-state index in [1.54, 1.807) is 24.3 Å². The van der Waals surface area contributed by atoms with Gasteiger partial charge < -0.3 is 10.6 Å². The third-order valence-electron chi connectivity index (χ3n) is 5.44. The maximum Gasteiger partial charge on any atom is 0.228 e. The quantitative estimate of drug-likeness (QED) is 0.274. The van der Waals surface area contributed by atoms with Gasteiger partial charge in [-0.3, -0.25) is 9.59 Å². The lowest BCUT2D eigenvalue weighted by Gasteiger charge is -2.09. The summed E-state index contributed by atoms with van der Waals surface area (Å²) in [4.78, 5) is 24.6. The van der Waals surface area contributed by atoms with E-state index in [-0.39, 0.29) is 11.8 Å². The zero-order chi connectivity index (χ0) is 24.6. The molecule has 2 amide bonds. The van der Waals surface area contributed by atoms with Crippen molar-refractivity contribution >= 4 is 46.4 Å². The highest BCUT2D eigenvalue weighted by Crippen LogP contribution is 2.17. The van der Waals surface area contributed by atoms with Crippen LogP contribution in [0.25, 0.3) is 0 Å². The Balaban J connectivity index is 1.26. The molecule has 0 aliphatic rings. The van der Waals surface area contributed by atoms with Gasteiger partial charge in [0.15, 0.2) is 0 Å². The van der Waals surface area contributed by atoms with E-state index in [0.717, 1.165) is 40.0 Å². The lowest BCUT2D eigenvalue weighted by atomic mass is 10.0. The fraction of sp³-hybridized carbons (Fsp3) is 0.103. The Morgan fingerprint density at radius 2 is 0.800 bits per heavy atom. The number of hydrogen-bond acceptors (Lipinski definition) is 2. The Morgan fingerprint density at radius 3 is 1.14 bits per heavy atom. The van der Waals surface area contributed by atoms with E-state index in [2.05, 4.69) is 10.6 Å². The van der Waals surface area contributed by atoms with Gasteiger partial charge in [-0.1, -0.05) is 71.7 Å². The fourth-order valence-corrected chi connectivity index (χ4v) is 3.89. The number of rotatable bonds is 8. The average molecular weight is 503 g/mol. The van der Waals surface area contributed by atoms with Crippen LogP contribution in [0.4, 0.5) is 11.4 Å². The third-order valence-corrected chi connectivity index (χ3v) is 5.94. The van der Waals surface area contributed by atoms with Gasteiger partial charge in [0.05, 0.1) is 12.8 Å². The summed E-state index contributed by atoms with van der Waals surface area (Å²) in [6.07, 6.45) is 1.33. The van der Waals surface area contributed by atoms with Crippen LogP contribution in [0.2, 0.25) is 10.0 Å². The highest BCUT2D eigenvalue weighted by molar-refractivity contribution is 6.30. The first-order valence-corrected chi connectivity index (χ1v) is 11.9. The standard InChI is InChI=1S/C29H24Cl2N2O2/c30-24-9-1-22(2-10-24)18-28(34)32-26-13-5-20(6-14-26)17-21-7-15-27(16-8-21)33-29(35)19-23-3-11-25(31)12-4-23/h1-16H,17-19H2,(H,32,34)(H,33,35). The molecule has 0 saturated heterocycles. The molecule has 4 rings (SSSR count). The fourth-order valence-electron chi connectivity index (χ4n) is 3.63. The highest BCUT2D eigenvalue weighted by Gasteiger charge is 2.07. The maximum absolute atomic E-state index is 12.3. The minimum Gasteiger partial charge on any atom is -0.326 e. The highest BCUT2D eigenvalue weighted by atomic mass is 35.5. The summed E-state index contributed by atoms with van der Waals surface area (Å²) >= 11 is 11.8. The molecule has 0 saturated carbocycles. The summed E-state index contributed by atoms with van der Waals surface area (Å²) < 4.78 is 0. The molecule has 4 aromatic rings. The van der Waals surface area contributed by atoms with Gasteiger partial charge in [0.2, 0.25) is 11.8 Å². The van der Waals surface area contributed by atoms with Crippen molar-refractivity contribution in [3.05, 3.63) is 129 Å². The van der Waals surface area contributed by atoms with Gasteiger partial charge in [-0.05, 0) is 77.2 Å². The molecule has 176 valence electrons. The number of halogens is 2. The summed E-state index contributed by atoms with van der Waals surface area (Å²) in [5.41, 5.74) is 5.58. The van der Waals surface area contributed by atoms with Crippen molar-refractivity contribution in [3.8, 4) is 0 Å². The summed E-state index contributed by atoms with van der Waals surface area (Å²) in [7, 11) is 0. The predicted molar refractivity (Wildman–Crippen MR) is 143 cm³/mol. The number of anilines is 2. The van der Waals surface area contributed by atoms with E-state index >= 15 is 0 Å². The molecule has 0 radical (unpaired) electrons. The molecule has 4 aromatic carbocycles. The topological polar surface area (TPSA) is 58.2 Å². The molecule has 0 fully saturated rings. The van der Waals surface area contributed by atoms with E-state index in [9.17, 15) is 9.59 Å². The van der Waals surface area contributed by atoms with Crippen LogP contribution in [0, 0.1) is 0 Å². The van der Waals surface area contributed by atoms with E-state index in [1.807, 2.05) is 72.8 Å². The number of nitrogens with one attached hydrogen (secondary N) is 2. The van der Waals surface area contributed by atoms with E-state index < -0.39 is 0 Å². The molecule has 0 heterocycles. The van der Waals surface area contributed by atoms with Crippen LogP contribution in [0.1, 0.15) is 22.3 Å². The SMILES string of the molecule is O=C(Cc1ccc(Cl)cc1)Nc1ccc(Cc2ccc(NC(=O)Cc3ccc(Cl)cc3)cc2)cc1. The Bertz CT molecular complexity index is 1180.